The van der Waals surface area contributed by atoms with Crippen LogP contribution in [0, 0.1) is 5.92 Å². The fourth-order valence-electron chi connectivity index (χ4n) is 4.59. The lowest BCUT2D eigenvalue weighted by Crippen LogP contribution is -2.60. The molecule has 1 unspecified atom stereocenters. The van der Waals surface area contributed by atoms with Crippen LogP contribution in [-0.4, -0.2) is 35.5 Å². The smallest absolute Gasteiger partial charge is 0.243 e. The lowest BCUT2D eigenvalue weighted by Gasteiger charge is -2.47. The van der Waals surface area contributed by atoms with Gasteiger partial charge in [0.1, 0.15) is 0 Å². The van der Waals surface area contributed by atoms with Crippen molar-refractivity contribution in [2.45, 2.75) is 76.3 Å². The van der Waals surface area contributed by atoms with Gasteiger partial charge in [0.15, 0.2) is 0 Å². The third-order valence-electron chi connectivity index (χ3n) is 5.76. The van der Waals surface area contributed by atoms with Crippen molar-refractivity contribution in [1.82, 2.24) is 10.2 Å². The van der Waals surface area contributed by atoms with Crippen LogP contribution in [0.5, 0.6) is 0 Å². The molecule has 0 aromatic carbocycles. The average molecular weight is 264 g/mol. The van der Waals surface area contributed by atoms with Crippen molar-refractivity contribution in [3.05, 3.63) is 0 Å². The van der Waals surface area contributed by atoms with E-state index in [0.29, 0.717) is 11.9 Å². The lowest BCUT2D eigenvalue weighted by molar-refractivity contribution is -0.144. The summed E-state index contributed by atoms with van der Waals surface area (Å²) in [6.45, 7) is 4.18. The Kier molecular flexibility index (Phi) is 3.84. The number of piperidine rings is 1. The molecule has 0 spiro atoms. The van der Waals surface area contributed by atoms with Crippen LogP contribution in [0.2, 0.25) is 0 Å². The van der Waals surface area contributed by atoms with E-state index in [2.05, 4.69) is 17.1 Å². The largest absolute Gasteiger partial charge is 0.338 e. The van der Waals surface area contributed by atoms with Gasteiger partial charge in [0, 0.05) is 12.6 Å². The van der Waals surface area contributed by atoms with Gasteiger partial charge in [-0.15, -0.1) is 0 Å². The highest BCUT2D eigenvalue weighted by atomic mass is 16.2. The first-order valence-electron chi connectivity index (χ1n) is 8.33. The van der Waals surface area contributed by atoms with E-state index in [1.54, 1.807) is 0 Å². The number of carbonyl (C=O) groups excluding carboxylic acids is 1. The number of amides is 1. The van der Waals surface area contributed by atoms with Gasteiger partial charge in [-0.1, -0.05) is 19.8 Å². The van der Waals surface area contributed by atoms with Crippen LogP contribution >= 0.6 is 0 Å². The zero-order valence-corrected chi connectivity index (χ0v) is 12.3. The van der Waals surface area contributed by atoms with Crippen LogP contribution in [0.4, 0.5) is 0 Å². The van der Waals surface area contributed by atoms with Gasteiger partial charge in [0.05, 0.1) is 5.54 Å². The van der Waals surface area contributed by atoms with Crippen LogP contribution < -0.4 is 5.32 Å². The highest BCUT2D eigenvalue weighted by Gasteiger charge is 2.45. The molecule has 3 rings (SSSR count). The van der Waals surface area contributed by atoms with Crippen molar-refractivity contribution in [2.24, 2.45) is 5.92 Å². The van der Waals surface area contributed by atoms with E-state index in [1.165, 1.54) is 38.5 Å². The number of rotatable bonds is 2. The minimum absolute atomic E-state index is 0.223. The Bertz CT molecular complexity index is 334. The van der Waals surface area contributed by atoms with Crippen molar-refractivity contribution < 1.29 is 4.79 Å². The third kappa shape index (κ3) is 2.31. The van der Waals surface area contributed by atoms with Crippen molar-refractivity contribution in [2.75, 3.05) is 13.1 Å². The second-order valence-electron chi connectivity index (χ2n) is 6.72. The summed E-state index contributed by atoms with van der Waals surface area (Å²) in [6, 6.07) is 0.556. The van der Waals surface area contributed by atoms with Gasteiger partial charge in [-0.05, 0) is 57.4 Å². The van der Waals surface area contributed by atoms with Crippen molar-refractivity contribution >= 4 is 5.91 Å². The van der Waals surface area contributed by atoms with Gasteiger partial charge in [-0.25, -0.2) is 0 Å². The Morgan fingerprint density at radius 3 is 2.74 bits per heavy atom. The summed E-state index contributed by atoms with van der Waals surface area (Å²) in [5.41, 5.74) is -0.223. The number of hydrogen-bond acceptors (Lipinski definition) is 2. The number of nitrogens with zero attached hydrogens (tertiary/aromatic N) is 1. The Hall–Kier alpha value is -0.570. The SMILES string of the molecule is CCC1(C(=O)N2CCC[C@H]3CCCC[C@H]32)CCCN1. The third-order valence-corrected chi connectivity index (χ3v) is 5.76. The summed E-state index contributed by atoms with van der Waals surface area (Å²) in [5.74, 6) is 1.21. The Balaban J connectivity index is 1.77. The summed E-state index contributed by atoms with van der Waals surface area (Å²) >= 11 is 0. The van der Waals surface area contributed by atoms with Crippen LogP contribution in [-0.2, 0) is 4.79 Å². The normalized spacial score (nSPS) is 39.1. The Morgan fingerprint density at radius 2 is 2.00 bits per heavy atom. The molecule has 3 atom stereocenters. The summed E-state index contributed by atoms with van der Waals surface area (Å²) in [6.07, 6.45) is 11.0. The Labute approximate surface area is 117 Å². The molecule has 2 heterocycles. The molecular weight excluding hydrogens is 236 g/mol. The molecule has 1 aliphatic carbocycles. The molecule has 1 N–H and O–H groups in total. The molecule has 3 aliphatic rings. The molecule has 3 nitrogen and oxygen atoms in total. The molecule has 108 valence electrons. The minimum Gasteiger partial charge on any atom is -0.338 e. The second kappa shape index (κ2) is 5.43. The second-order valence-corrected chi connectivity index (χ2v) is 6.72. The first-order chi connectivity index (χ1) is 9.27. The van der Waals surface area contributed by atoms with E-state index in [9.17, 15) is 4.79 Å². The highest BCUT2D eigenvalue weighted by molar-refractivity contribution is 5.87. The van der Waals surface area contributed by atoms with Gasteiger partial charge in [-0.3, -0.25) is 4.79 Å². The number of nitrogens with one attached hydrogen (secondary N) is 1. The van der Waals surface area contributed by atoms with E-state index in [4.69, 9.17) is 0 Å². The van der Waals surface area contributed by atoms with E-state index >= 15 is 0 Å². The lowest BCUT2D eigenvalue weighted by atomic mass is 9.77. The van der Waals surface area contributed by atoms with Crippen molar-refractivity contribution in [3.8, 4) is 0 Å². The summed E-state index contributed by atoms with van der Waals surface area (Å²) < 4.78 is 0. The molecule has 0 bridgehead atoms. The maximum Gasteiger partial charge on any atom is 0.243 e. The number of fused-ring (bicyclic) bond motifs is 1. The monoisotopic (exact) mass is 264 g/mol. The van der Waals surface area contributed by atoms with E-state index < -0.39 is 0 Å². The number of likely N-dealkylation sites (tertiary alicyclic amines) is 1. The zero-order chi connectivity index (χ0) is 13.3. The van der Waals surface area contributed by atoms with Gasteiger partial charge in [-0.2, -0.15) is 0 Å². The summed E-state index contributed by atoms with van der Waals surface area (Å²) in [7, 11) is 0. The topological polar surface area (TPSA) is 32.3 Å². The molecule has 3 fully saturated rings. The molecule has 19 heavy (non-hydrogen) atoms. The Morgan fingerprint density at radius 1 is 1.21 bits per heavy atom. The predicted molar refractivity (Wildman–Crippen MR) is 77.0 cm³/mol. The molecule has 2 aliphatic heterocycles. The standard InChI is InChI=1S/C16H28N2O/c1-2-16(10-6-11-17-16)15(19)18-12-5-8-13-7-3-4-9-14(13)18/h13-14,17H,2-12H2,1H3/t13-,14-,16?/m1/s1. The predicted octanol–water partition coefficient (Wildman–Crippen LogP) is 2.70. The van der Waals surface area contributed by atoms with Crippen LogP contribution in [0.15, 0.2) is 0 Å². The van der Waals surface area contributed by atoms with Crippen molar-refractivity contribution in [3.63, 3.8) is 0 Å². The van der Waals surface area contributed by atoms with Crippen molar-refractivity contribution in [1.29, 1.82) is 0 Å². The maximum atomic E-state index is 13.1. The number of carbonyl (C=O) groups is 1. The molecule has 0 aromatic heterocycles. The van der Waals surface area contributed by atoms with Gasteiger partial charge < -0.3 is 10.2 Å². The summed E-state index contributed by atoms with van der Waals surface area (Å²) in [5, 5.41) is 3.52. The number of hydrogen-bond donors (Lipinski definition) is 1. The quantitative estimate of drug-likeness (QED) is 0.831. The molecule has 3 heteroatoms. The van der Waals surface area contributed by atoms with Crippen LogP contribution in [0.3, 0.4) is 0 Å². The fourth-order valence-corrected chi connectivity index (χ4v) is 4.59. The first-order valence-corrected chi connectivity index (χ1v) is 8.33. The maximum absolute atomic E-state index is 13.1. The van der Waals surface area contributed by atoms with E-state index in [-0.39, 0.29) is 5.54 Å². The highest BCUT2D eigenvalue weighted by Crippen LogP contribution is 2.37. The van der Waals surface area contributed by atoms with Crippen LogP contribution in [0.1, 0.15) is 64.7 Å². The average Bonchev–Trinajstić information content (AvgIpc) is 2.96. The van der Waals surface area contributed by atoms with Gasteiger partial charge >= 0.3 is 0 Å². The van der Waals surface area contributed by atoms with E-state index in [1.807, 2.05) is 0 Å². The van der Waals surface area contributed by atoms with Gasteiger partial charge in [0.25, 0.3) is 0 Å². The first kappa shape index (κ1) is 13.4. The fraction of sp³-hybridized carbons (Fsp3) is 0.938. The molecule has 1 amide bonds. The van der Waals surface area contributed by atoms with Crippen LogP contribution in [0.25, 0.3) is 0 Å². The molecule has 0 radical (unpaired) electrons. The van der Waals surface area contributed by atoms with E-state index in [0.717, 1.165) is 38.3 Å². The molecule has 0 aromatic rings. The van der Waals surface area contributed by atoms with Gasteiger partial charge in [0.2, 0.25) is 5.91 Å². The molecular formula is C16H28N2O. The molecule has 2 saturated heterocycles. The molecule has 1 saturated carbocycles. The summed E-state index contributed by atoms with van der Waals surface area (Å²) in [4.78, 5) is 15.3. The zero-order valence-electron chi connectivity index (χ0n) is 12.3. The minimum atomic E-state index is -0.223.